The number of piperidine rings is 1. The van der Waals surface area contributed by atoms with Gasteiger partial charge in [0.25, 0.3) is 0 Å². The molecule has 1 saturated heterocycles. The van der Waals surface area contributed by atoms with E-state index in [1.165, 1.54) is 13.1 Å². The van der Waals surface area contributed by atoms with Gasteiger partial charge in [-0.2, -0.15) is 0 Å². The Balaban J connectivity index is 2.11. The van der Waals surface area contributed by atoms with E-state index in [9.17, 15) is 8.42 Å². The summed E-state index contributed by atoms with van der Waals surface area (Å²) in [4.78, 5) is 2.59. The lowest BCUT2D eigenvalue weighted by Gasteiger charge is -2.33. The van der Waals surface area contributed by atoms with Crippen LogP contribution in [0.1, 0.15) is 19.8 Å². The van der Waals surface area contributed by atoms with Crippen LogP contribution >= 0.6 is 0 Å². The summed E-state index contributed by atoms with van der Waals surface area (Å²) >= 11 is 0. The molecule has 0 bridgehead atoms. The van der Waals surface area contributed by atoms with E-state index in [0.717, 1.165) is 38.2 Å². The quantitative estimate of drug-likeness (QED) is 0.708. The third kappa shape index (κ3) is 3.87. The average molecular weight is 312 g/mol. The van der Waals surface area contributed by atoms with E-state index in [-0.39, 0.29) is 4.90 Å². The van der Waals surface area contributed by atoms with E-state index < -0.39 is 10.0 Å². The molecule has 0 saturated carbocycles. The van der Waals surface area contributed by atoms with Crippen molar-refractivity contribution < 1.29 is 8.42 Å². The van der Waals surface area contributed by atoms with Crippen molar-refractivity contribution in [3.8, 4) is 0 Å². The summed E-state index contributed by atoms with van der Waals surface area (Å²) < 4.78 is 25.8. The summed E-state index contributed by atoms with van der Waals surface area (Å²) in [6, 6.07) is 5.16. The van der Waals surface area contributed by atoms with Crippen molar-refractivity contribution in [2.75, 3.05) is 37.7 Å². The zero-order valence-electron chi connectivity index (χ0n) is 12.6. The first-order chi connectivity index (χ1) is 9.96. The third-order valence-electron chi connectivity index (χ3n) is 3.91. The van der Waals surface area contributed by atoms with Crippen molar-refractivity contribution in [1.82, 2.24) is 9.62 Å². The Hall–Kier alpha value is -1.31. The number of nitrogens with one attached hydrogen (secondary N) is 2. The zero-order chi connectivity index (χ0) is 15.5. The second-order valence-corrected chi connectivity index (χ2v) is 7.22. The van der Waals surface area contributed by atoms with Crippen molar-refractivity contribution in [2.45, 2.75) is 30.7 Å². The van der Waals surface area contributed by atoms with Crippen molar-refractivity contribution in [1.29, 1.82) is 0 Å². The van der Waals surface area contributed by atoms with Crippen LogP contribution in [0.5, 0.6) is 0 Å². The van der Waals surface area contributed by atoms with Crippen molar-refractivity contribution in [3.05, 3.63) is 18.2 Å². The number of hydrogen-bond donors (Lipinski definition) is 3. The minimum atomic E-state index is -3.45. The molecule has 7 heteroatoms. The molecule has 0 amide bonds. The van der Waals surface area contributed by atoms with Gasteiger partial charge in [-0.05, 0) is 51.2 Å². The van der Waals surface area contributed by atoms with Crippen LogP contribution in [0.4, 0.5) is 11.4 Å². The van der Waals surface area contributed by atoms with Gasteiger partial charge in [-0.25, -0.2) is 13.1 Å². The van der Waals surface area contributed by atoms with Crippen LogP contribution < -0.4 is 15.8 Å². The Labute approximate surface area is 126 Å². The Morgan fingerprint density at radius 3 is 2.81 bits per heavy atom. The molecule has 1 aliphatic heterocycles. The molecule has 0 aliphatic carbocycles. The smallest absolute Gasteiger partial charge is 0.240 e. The summed E-state index contributed by atoms with van der Waals surface area (Å²) in [5.41, 5.74) is 7.25. The summed E-state index contributed by atoms with van der Waals surface area (Å²) in [6.45, 7) is 5.34. The molecule has 6 nitrogen and oxygen atoms in total. The molecular formula is C14H24N4O2S. The molecule has 0 spiro atoms. The van der Waals surface area contributed by atoms with Crippen LogP contribution in [0, 0.1) is 0 Å². The van der Waals surface area contributed by atoms with E-state index >= 15 is 0 Å². The molecule has 118 valence electrons. The molecular weight excluding hydrogens is 288 g/mol. The van der Waals surface area contributed by atoms with E-state index in [1.807, 2.05) is 0 Å². The van der Waals surface area contributed by atoms with Crippen LogP contribution in [0.15, 0.2) is 23.1 Å². The maximum Gasteiger partial charge on any atom is 0.240 e. The topological polar surface area (TPSA) is 87.5 Å². The highest BCUT2D eigenvalue weighted by Crippen LogP contribution is 2.25. The summed E-state index contributed by atoms with van der Waals surface area (Å²) in [6.07, 6.45) is 2.27. The van der Waals surface area contributed by atoms with Gasteiger partial charge >= 0.3 is 0 Å². The first-order valence-electron chi connectivity index (χ1n) is 7.28. The maximum atomic E-state index is 11.7. The molecule has 1 aromatic carbocycles. The van der Waals surface area contributed by atoms with Crippen LogP contribution in [0.2, 0.25) is 0 Å². The van der Waals surface area contributed by atoms with Gasteiger partial charge in [0.05, 0.1) is 16.3 Å². The molecule has 4 N–H and O–H groups in total. The molecule has 2 rings (SSSR count). The number of nitrogen functional groups attached to an aromatic ring is 1. The van der Waals surface area contributed by atoms with Crippen LogP contribution in [-0.4, -0.2) is 46.0 Å². The Kier molecular flexibility index (Phi) is 5.08. The largest absolute Gasteiger partial charge is 0.397 e. The molecule has 1 heterocycles. The van der Waals surface area contributed by atoms with Gasteiger partial charge in [-0.15, -0.1) is 0 Å². The second-order valence-electron chi connectivity index (χ2n) is 5.33. The van der Waals surface area contributed by atoms with E-state index in [4.69, 9.17) is 5.73 Å². The predicted molar refractivity (Wildman–Crippen MR) is 85.9 cm³/mol. The van der Waals surface area contributed by atoms with Crippen LogP contribution in [0.3, 0.4) is 0 Å². The lowest BCUT2D eigenvalue weighted by Crippen LogP contribution is -2.41. The van der Waals surface area contributed by atoms with Crippen LogP contribution in [0.25, 0.3) is 0 Å². The Morgan fingerprint density at radius 2 is 2.19 bits per heavy atom. The Morgan fingerprint density at radius 1 is 1.43 bits per heavy atom. The molecule has 21 heavy (non-hydrogen) atoms. The lowest BCUT2D eigenvalue weighted by atomic mass is 10.1. The fourth-order valence-electron chi connectivity index (χ4n) is 2.64. The number of sulfonamides is 1. The molecule has 1 aliphatic rings. The number of hydrogen-bond acceptors (Lipinski definition) is 5. The highest BCUT2D eigenvalue weighted by atomic mass is 32.2. The molecule has 1 fully saturated rings. The van der Waals surface area contributed by atoms with Gasteiger partial charge < -0.3 is 16.0 Å². The summed E-state index contributed by atoms with van der Waals surface area (Å²) in [5.74, 6) is 0. The van der Waals surface area contributed by atoms with Crippen LogP contribution in [-0.2, 0) is 10.0 Å². The normalized spacial score (nSPS) is 20.4. The Bertz CT molecular complexity index is 589. The fraction of sp³-hybridized carbons (Fsp3) is 0.571. The van der Waals surface area contributed by atoms with Gasteiger partial charge in [0.2, 0.25) is 10.0 Å². The molecule has 0 radical (unpaired) electrons. The number of likely N-dealkylation sites (tertiary alicyclic amines) is 1. The number of nitrogens with zero attached hydrogens (tertiary/aromatic N) is 1. The average Bonchev–Trinajstić information content (AvgIpc) is 2.49. The molecule has 0 aromatic heterocycles. The second kappa shape index (κ2) is 6.64. The molecule has 1 atom stereocenters. The number of anilines is 2. The van der Waals surface area contributed by atoms with Gasteiger partial charge in [0.1, 0.15) is 0 Å². The van der Waals surface area contributed by atoms with Crippen molar-refractivity contribution in [2.24, 2.45) is 0 Å². The van der Waals surface area contributed by atoms with Gasteiger partial charge in [0.15, 0.2) is 0 Å². The van der Waals surface area contributed by atoms with Gasteiger partial charge in [-0.1, -0.05) is 6.92 Å². The summed E-state index contributed by atoms with van der Waals surface area (Å²) in [5, 5.41) is 3.43. The first kappa shape index (κ1) is 16.1. The standard InChI is InChI=1S/C14H24N4O2S/c1-3-18-8-4-5-11(10-18)17-14-7-6-12(9-13(14)15)21(19,20)16-2/h6-7,9,11,16-17H,3-5,8,10,15H2,1-2H3. The lowest BCUT2D eigenvalue weighted by molar-refractivity contribution is 0.227. The number of benzene rings is 1. The predicted octanol–water partition coefficient (Wildman–Crippen LogP) is 1.07. The first-order valence-corrected chi connectivity index (χ1v) is 8.76. The number of likely N-dealkylation sites (N-methyl/N-ethyl adjacent to an activating group) is 1. The molecule has 1 aromatic rings. The van der Waals surface area contributed by atoms with Crippen molar-refractivity contribution in [3.63, 3.8) is 0 Å². The highest BCUT2D eigenvalue weighted by molar-refractivity contribution is 7.89. The third-order valence-corrected chi connectivity index (χ3v) is 5.33. The monoisotopic (exact) mass is 312 g/mol. The summed E-state index contributed by atoms with van der Waals surface area (Å²) in [7, 11) is -2.06. The van der Waals surface area contributed by atoms with E-state index in [2.05, 4.69) is 21.9 Å². The maximum absolute atomic E-state index is 11.7. The SMILES string of the molecule is CCN1CCCC(Nc2ccc(S(=O)(=O)NC)cc2N)C1. The van der Waals surface area contributed by atoms with E-state index in [1.54, 1.807) is 12.1 Å². The minimum absolute atomic E-state index is 0.187. The number of nitrogens with two attached hydrogens (primary N) is 1. The zero-order valence-corrected chi connectivity index (χ0v) is 13.4. The van der Waals surface area contributed by atoms with E-state index in [0.29, 0.717) is 11.7 Å². The fourth-order valence-corrected chi connectivity index (χ4v) is 3.40. The van der Waals surface area contributed by atoms with Crippen molar-refractivity contribution >= 4 is 21.4 Å². The van der Waals surface area contributed by atoms with Gasteiger partial charge in [-0.3, -0.25) is 0 Å². The minimum Gasteiger partial charge on any atom is -0.397 e. The molecule has 1 unspecified atom stereocenters. The highest BCUT2D eigenvalue weighted by Gasteiger charge is 2.20. The van der Waals surface area contributed by atoms with Gasteiger partial charge in [0, 0.05) is 12.6 Å². The number of rotatable bonds is 5.